The minimum atomic E-state index is -0.329. The van der Waals surface area contributed by atoms with Gasteiger partial charge in [-0.15, -0.1) is 0 Å². The van der Waals surface area contributed by atoms with Gasteiger partial charge in [-0.25, -0.2) is 4.39 Å². The van der Waals surface area contributed by atoms with Crippen molar-refractivity contribution in [1.29, 1.82) is 0 Å². The third-order valence-electron chi connectivity index (χ3n) is 4.90. The Hall–Kier alpha value is -2.81. The molecule has 0 radical (unpaired) electrons. The lowest BCUT2D eigenvalue weighted by molar-refractivity contribution is -0.117. The van der Waals surface area contributed by atoms with Crippen LogP contribution in [0.5, 0.6) is 0 Å². The monoisotopic (exact) mass is 429 g/mol. The Morgan fingerprint density at radius 3 is 2.50 bits per heavy atom. The van der Waals surface area contributed by atoms with Gasteiger partial charge >= 0.3 is 0 Å². The van der Waals surface area contributed by atoms with Gasteiger partial charge in [0.2, 0.25) is 17.6 Å². The maximum atomic E-state index is 12.9. The highest BCUT2D eigenvalue weighted by molar-refractivity contribution is 6.33. The zero-order chi connectivity index (χ0) is 20.9. The molecule has 3 aromatic rings. The summed E-state index contributed by atoms with van der Waals surface area (Å²) in [6.45, 7) is 3.92. The molecule has 156 valence electrons. The fourth-order valence-electron chi connectivity index (χ4n) is 3.30. The highest BCUT2D eigenvalue weighted by Gasteiger charge is 2.21. The van der Waals surface area contributed by atoms with Gasteiger partial charge in [-0.05, 0) is 36.4 Å². The first kappa shape index (κ1) is 20.5. The number of carbonyl (C=O) groups excluding carboxylic acids is 1. The van der Waals surface area contributed by atoms with E-state index in [-0.39, 0.29) is 11.7 Å². The van der Waals surface area contributed by atoms with Gasteiger partial charge in [0.1, 0.15) is 5.82 Å². The summed E-state index contributed by atoms with van der Waals surface area (Å²) in [4.78, 5) is 20.9. The summed E-state index contributed by atoms with van der Waals surface area (Å²) in [5.41, 5.74) is 1.33. The van der Waals surface area contributed by atoms with Gasteiger partial charge in [0.25, 0.3) is 0 Å². The number of aromatic nitrogens is 2. The van der Waals surface area contributed by atoms with Crippen LogP contribution in [-0.2, 0) is 11.3 Å². The topological polar surface area (TPSA) is 74.5 Å². The molecule has 1 fully saturated rings. The van der Waals surface area contributed by atoms with E-state index in [0.717, 1.165) is 31.7 Å². The van der Waals surface area contributed by atoms with Crippen molar-refractivity contribution in [3.8, 4) is 11.4 Å². The van der Waals surface area contributed by atoms with E-state index in [0.29, 0.717) is 35.5 Å². The van der Waals surface area contributed by atoms with E-state index >= 15 is 0 Å². The van der Waals surface area contributed by atoms with Crippen molar-refractivity contribution in [3.05, 3.63) is 65.3 Å². The Bertz CT molecular complexity index is 1000. The zero-order valence-electron chi connectivity index (χ0n) is 16.2. The summed E-state index contributed by atoms with van der Waals surface area (Å²) in [6.07, 6.45) is 0. The molecule has 4 rings (SSSR count). The van der Waals surface area contributed by atoms with Crippen molar-refractivity contribution >= 4 is 23.2 Å². The first-order valence-electron chi connectivity index (χ1n) is 9.64. The maximum absolute atomic E-state index is 12.9. The van der Waals surface area contributed by atoms with E-state index in [1.807, 2.05) is 18.2 Å². The number of halogens is 2. The number of piperazine rings is 1. The first-order valence-corrected chi connectivity index (χ1v) is 10.0. The van der Waals surface area contributed by atoms with Crippen molar-refractivity contribution < 1.29 is 13.7 Å². The Labute approximate surface area is 178 Å². The van der Waals surface area contributed by atoms with Gasteiger partial charge < -0.3 is 9.84 Å². The van der Waals surface area contributed by atoms with Gasteiger partial charge in [0.15, 0.2) is 0 Å². The number of benzene rings is 2. The van der Waals surface area contributed by atoms with Crippen LogP contribution >= 0.6 is 11.6 Å². The number of rotatable bonds is 6. The van der Waals surface area contributed by atoms with E-state index in [1.165, 1.54) is 12.1 Å². The average Bonchev–Trinajstić information content (AvgIpc) is 3.20. The van der Waals surface area contributed by atoms with Crippen LogP contribution in [-0.4, -0.2) is 58.6 Å². The van der Waals surface area contributed by atoms with Crippen LogP contribution in [0, 0.1) is 5.82 Å². The van der Waals surface area contributed by atoms with Crippen LogP contribution in [0.4, 0.5) is 10.1 Å². The number of hydrogen-bond donors (Lipinski definition) is 1. The van der Waals surface area contributed by atoms with Gasteiger partial charge in [-0.3, -0.25) is 14.6 Å². The Morgan fingerprint density at radius 1 is 1.07 bits per heavy atom. The number of anilines is 1. The molecule has 1 aliphatic heterocycles. The largest absolute Gasteiger partial charge is 0.338 e. The van der Waals surface area contributed by atoms with E-state index in [1.54, 1.807) is 18.2 Å². The normalized spacial score (nSPS) is 15.3. The van der Waals surface area contributed by atoms with E-state index < -0.39 is 0 Å². The van der Waals surface area contributed by atoms with Crippen LogP contribution in [0.3, 0.4) is 0 Å². The minimum absolute atomic E-state index is 0.114. The molecule has 1 N–H and O–H groups in total. The lowest BCUT2D eigenvalue weighted by Crippen LogP contribution is -2.48. The predicted molar refractivity (Wildman–Crippen MR) is 111 cm³/mol. The Kier molecular flexibility index (Phi) is 6.37. The second kappa shape index (κ2) is 9.34. The lowest BCUT2D eigenvalue weighted by atomic mass is 10.2. The molecule has 9 heteroatoms. The van der Waals surface area contributed by atoms with Crippen LogP contribution in [0.2, 0.25) is 5.02 Å². The van der Waals surface area contributed by atoms with Gasteiger partial charge in [-0.1, -0.05) is 28.9 Å². The summed E-state index contributed by atoms with van der Waals surface area (Å²) >= 11 is 6.19. The molecule has 0 bridgehead atoms. The van der Waals surface area contributed by atoms with Gasteiger partial charge in [0, 0.05) is 37.4 Å². The van der Waals surface area contributed by atoms with Crippen LogP contribution < -0.4 is 5.32 Å². The molecule has 0 saturated carbocycles. The molecule has 1 aromatic heterocycles. The summed E-state index contributed by atoms with van der Waals surface area (Å²) in [5.74, 6) is 0.569. The summed E-state index contributed by atoms with van der Waals surface area (Å²) in [7, 11) is 0. The highest BCUT2D eigenvalue weighted by atomic mass is 35.5. The van der Waals surface area contributed by atoms with Crippen molar-refractivity contribution in [1.82, 2.24) is 19.9 Å². The molecule has 2 aromatic carbocycles. The lowest BCUT2D eigenvalue weighted by Gasteiger charge is -2.33. The molecule has 0 aliphatic carbocycles. The van der Waals surface area contributed by atoms with Crippen molar-refractivity contribution in [2.24, 2.45) is 0 Å². The molecular formula is C21H21ClFN5O2. The molecule has 0 unspecified atom stereocenters. The Morgan fingerprint density at radius 2 is 1.77 bits per heavy atom. The second-order valence-electron chi connectivity index (χ2n) is 7.10. The van der Waals surface area contributed by atoms with Crippen LogP contribution in [0.15, 0.2) is 53.1 Å². The van der Waals surface area contributed by atoms with Crippen molar-refractivity contribution in [2.75, 3.05) is 38.0 Å². The zero-order valence-corrected chi connectivity index (χ0v) is 17.0. The number of nitrogens with zero attached hydrogens (tertiary/aromatic N) is 4. The van der Waals surface area contributed by atoms with E-state index in [2.05, 4.69) is 25.3 Å². The third kappa shape index (κ3) is 5.21. The number of nitrogens with one attached hydrogen (secondary N) is 1. The summed E-state index contributed by atoms with van der Waals surface area (Å²) in [6, 6.07) is 13.1. The molecule has 1 aliphatic rings. The predicted octanol–water partition coefficient (Wildman–Crippen LogP) is 3.29. The SMILES string of the molecule is O=C(CN1CCN(Cc2nc(-c3ccccc3Cl)no2)CC1)Nc1ccc(F)cc1. The smallest absolute Gasteiger partial charge is 0.241 e. The quantitative estimate of drug-likeness (QED) is 0.648. The molecule has 30 heavy (non-hydrogen) atoms. The molecule has 2 heterocycles. The summed E-state index contributed by atoms with van der Waals surface area (Å²) < 4.78 is 18.3. The molecular weight excluding hydrogens is 409 g/mol. The number of hydrogen-bond acceptors (Lipinski definition) is 6. The van der Waals surface area contributed by atoms with E-state index in [4.69, 9.17) is 16.1 Å². The van der Waals surface area contributed by atoms with Gasteiger partial charge in [-0.2, -0.15) is 4.98 Å². The van der Waals surface area contributed by atoms with Gasteiger partial charge in [0.05, 0.1) is 18.1 Å². The molecule has 0 atom stereocenters. The van der Waals surface area contributed by atoms with Crippen molar-refractivity contribution in [3.63, 3.8) is 0 Å². The fourth-order valence-corrected chi connectivity index (χ4v) is 3.52. The fraction of sp³-hybridized carbons (Fsp3) is 0.286. The van der Waals surface area contributed by atoms with E-state index in [9.17, 15) is 9.18 Å². The molecule has 7 nitrogen and oxygen atoms in total. The first-order chi connectivity index (χ1) is 14.6. The Balaban J connectivity index is 1.24. The standard InChI is InChI=1S/C21H21ClFN5O2/c22-18-4-2-1-3-17(18)21-25-20(30-26-21)14-28-11-9-27(10-12-28)13-19(29)24-16-7-5-15(23)6-8-16/h1-8H,9-14H2,(H,24,29). The summed E-state index contributed by atoms with van der Waals surface area (Å²) in [5, 5.41) is 7.39. The highest BCUT2D eigenvalue weighted by Crippen LogP contribution is 2.25. The molecule has 1 saturated heterocycles. The number of carbonyl (C=O) groups is 1. The molecule has 0 spiro atoms. The van der Waals surface area contributed by atoms with Crippen molar-refractivity contribution in [2.45, 2.75) is 6.54 Å². The van der Waals surface area contributed by atoms with Crippen LogP contribution in [0.25, 0.3) is 11.4 Å². The average molecular weight is 430 g/mol. The second-order valence-corrected chi connectivity index (χ2v) is 7.51. The third-order valence-corrected chi connectivity index (χ3v) is 5.23. The molecule has 1 amide bonds. The minimum Gasteiger partial charge on any atom is -0.338 e. The van der Waals surface area contributed by atoms with Crippen LogP contribution in [0.1, 0.15) is 5.89 Å². The maximum Gasteiger partial charge on any atom is 0.241 e. The number of amides is 1.